The second-order valence-electron chi connectivity index (χ2n) is 2.93. The summed E-state index contributed by atoms with van der Waals surface area (Å²) in [5.74, 6) is 0.886. The van der Waals surface area contributed by atoms with E-state index in [1.807, 2.05) is 38.0 Å². The minimum absolute atomic E-state index is 0.491. The van der Waals surface area contributed by atoms with Crippen LogP contribution in [0.5, 0.6) is 0 Å². The number of aldehydes is 1. The highest BCUT2D eigenvalue weighted by molar-refractivity contribution is 5.79. The van der Waals surface area contributed by atoms with E-state index in [9.17, 15) is 4.79 Å². The molecule has 0 N–H and O–H groups in total. The molecular formula is C8H17N3O. The van der Waals surface area contributed by atoms with Crippen molar-refractivity contribution in [3.05, 3.63) is 0 Å². The first-order valence-electron chi connectivity index (χ1n) is 3.92. The molecule has 0 fully saturated rings. The Morgan fingerprint density at radius 3 is 2.08 bits per heavy atom. The predicted molar refractivity (Wildman–Crippen MR) is 50.4 cm³/mol. The summed E-state index contributed by atoms with van der Waals surface area (Å²) in [4.78, 5) is 18.1. The van der Waals surface area contributed by atoms with E-state index >= 15 is 0 Å². The van der Waals surface area contributed by atoms with Gasteiger partial charge in [0.1, 0.15) is 6.29 Å². The zero-order chi connectivity index (χ0) is 9.56. The Kier molecular flexibility index (Phi) is 5.08. The molecule has 0 amide bonds. The maximum Gasteiger partial charge on any atom is 0.195 e. The summed E-state index contributed by atoms with van der Waals surface area (Å²) < 4.78 is 0. The van der Waals surface area contributed by atoms with Crippen LogP contribution in [0.15, 0.2) is 4.99 Å². The highest BCUT2D eigenvalue weighted by atomic mass is 16.1. The zero-order valence-corrected chi connectivity index (χ0v) is 8.24. The van der Waals surface area contributed by atoms with E-state index < -0.39 is 0 Å². The summed E-state index contributed by atoms with van der Waals surface area (Å²) in [5.41, 5.74) is 0. The van der Waals surface area contributed by atoms with Gasteiger partial charge in [-0.3, -0.25) is 4.99 Å². The van der Waals surface area contributed by atoms with Crippen LogP contribution in [0.4, 0.5) is 0 Å². The lowest BCUT2D eigenvalue weighted by Gasteiger charge is -2.22. The quantitative estimate of drug-likeness (QED) is 0.261. The van der Waals surface area contributed by atoms with Crippen LogP contribution in [-0.4, -0.2) is 56.8 Å². The Morgan fingerprint density at radius 1 is 1.25 bits per heavy atom. The van der Waals surface area contributed by atoms with Gasteiger partial charge < -0.3 is 14.6 Å². The lowest BCUT2D eigenvalue weighted by molar-refractivity contribution is -0.107. The Balaban J connectivity index is 4.09. The van der Waals surface area contributed by atoms with Crippen LogP contribution in [0.25, 0.3) is 0 Å². The average Bonchev–Trinajstić information content (AvgIpc) is 1.96. The summed E-state index contributed by atoms with van der Waals surface area (Å²) in [5, 5.41) is 0. The second-order valence-corrected chi connectivity index (χ2v) is 2.93. The molecule has 0 aliphatic carbocycles. The maximum absolute atomic E-state index is 10.0. The van der Waals surface area contributed by atoms with Gasteiger partial charge >= 0.3 is 0 Å². The standard InChI is InChI=1S/C8H17N3O/c1-10(2)8(11(3)4)9-6-5-7-12/h7H,5-6H2,1-4H3. The molecule has 0 aliphatic rings. The molecule has 0 rings (SSSR count). The molecule has 0 aromatic heterocycles. The van der Waals surface area contributed by atoms with Crippen LogP contribution in [0.3, 0.4) is 0 Å². The molecule has 0 aliphatic heterocycles. The molecule has 0 bridgehead atoms. The van der Waals surface area contributed by atoms with Crippen molar-refractivity contribution in [3.8, 4) is 0 Å². The fourth-order valence-corrected chi connectivity index (χ4v) is 0.900. The lowest BCUT2D eigenvalue weighted by Crippen LogP contribution is -2.35. The Morgan fingerprint density at radius 2 is 1.75 bits per heavy atom. The largest absolute Gasteiger partial charge is 0.349 e. The molecular weight excluding hydrogens is 154 g/mol. The van der Waals surface area contributed by atoms with Crippen LogP contribution < -0.4 is 0 Å². The highest BCUT2D eigenvalue weighted by Gasteiger charge is 2.02. The summed E-state index contributed by atoms with van der Waals surface area (Å²) in [6.07, 6.45) is 1.37. The Hall–Kier alpha value is -1.06. The van der Waals surface area contributed by atoms with Crippen molar-refractivity contribution in [2.45, 2.75) is 6.42 Å². The number of rotatable bonds is 3. The minimum Gasteiger partial charge on any atom is -0.349 e. The van der Waals surface area contributed by atoms with Gasteiger partial charge in [0, 0.05) is 41.2 Å². The first-order valence-corrected chi connectivity index (χ1v) is 3.92. The Bertz CT molecular complexity index is 154. The predicted octanol–water partition coefficient (Wildman–Crippen LogP) is 0.0546. The first kappa shape index (κ1) is 10.9. The van der Waals surface area contributed by atoms with Gasteiger partial charge in [0.05, 0.1) is 0 Å². The van der Waals surface area contributed by atoms with Crippen LogP contribution in [-0.2, 0) is 4.79 Å². The van der Waals surface area contributed by atoms with E-state index in [2.05, 4.69) is 4.99 Å². The molecule has 0 saturated heterocycles. The van der Waals surface area contributed by atoms with Gasteiger partial charge in [-0.25, -0.2) is 0 Å². The van der Waals surface area contributed by atoms with E-state index in [1.165, 1.54) is 0 Å². The van der Waals surface area contributed by atoms with Crippen LogP contribution in [0, 0.1) is 0 Å². The lowest BCUT2D eigenvalue weighted by atomic mass is 10.5. The molecule has 70 valence electrons. The van der Waals surface area contributed by atoms with Crippen LogP contribution >= 0.6 is 0 Å². The molecule has 0 spiro atoms. The van der Waals surface area contributed by atoms with Gasteiger partial charge in [0.25, 0.3) is 0 Å². The first-order chi connectivity index (χ1) is 5.59. The Labute approximate surface area is 73.9 Å². The molecule has 0 radical (unpaired) electrons. The van der Waals surface area contributed by atoms with Crippen LogP contribution in [0.2, 0.25) is 0 Å². The van der Waals surface area contributed by atoms with Crippen molar-refractivity contribution in [2.75, 3.05) is 34.7 Å². The third-order valence-electron chi connectivity index (χ3n) is 1.30. The fourth-order valence-electron chi connectivity index (χ4n) is 0.900. The van der Waals surface area contributed by atoms with Crippen molar-refractivity contribution in [3.63, 3.8) is 0 Å². The van der Waals surface area contributed by atoms with Crippen LogP contribution in [0.1, 0.15) is 6.42 Å². The monoisotopic (exact) mass is 171 g/mol. The number of hydrogen-bond donors (Lipinski definition) is 0. The average molecular weight is 171 g/mol. The molecule has 12 heavy (non-hydrogen) atoms. The van der Waals surface area contributed by atoms with Crippen molar-refractivity contribution < 1.29 is 4.79 Å². The van der Waals surface area contributed by atoms with E-state index in [1.54, 1.807) is 0 Å². The SMILES string of the molecule is CN(C)C(=NCCC=O)N(C)C. The van der Waals surface area contributed by atoms with Gasteiger partial charge in [0.15, 0.2) is 5.96 Å². The third-order valence-corrected chi connectivity index (χ3v) is 1.30. The molecule has 4 nitrogen and oxygen atoms in total. The van der Waals surface area contributed by atoms with E-state index in [4.69, 9.17) is 0 Å². The highest BCUT2D eigenvalue weighted by Crippen LogP contribution is 1.89. The molecule has 0 unspecified atom stereocenters. The number of hydrogen-bond acceptors (Lipinski definition) is 2. The van der Waals surface area contributed by atoms with E-state index in [-0.39, 0.29) is 0 Å². The molecule has 0 saturated carbocycles. The topological polar surface area (TPSA) is 35.9 Å². The summed E-state index contributed by atoms with van der Waals surface area (Å²) >= 11 is 0. The van der Waals surface area contributed by atoms with Crippen molar-refractivity contribution in [1.29, 1.82) is 0 Å². The summed E-state index contributed by atoms with van der Waals surface area (Å²) in [6, 6.07) is 0. The van der Waals surface area contributed by atoms with Crippen molar-refractivity contribution in [1.82, 2.24) is 9.80 Å². The normalized spacial score (nSPS) is 9.00. The fraction of sp³-hybridized carbons (Fsp3) is 0.750. The van der Waals surface area contributed by atoms with Gasteiger partial charge in [-0.15, -0.1) is 0 Å². The van der Waals surface area contributed by atoms with Gasteiger partial charge in [0.2, 0.25) is 0 Å². The number of aliphatic imine (C=N–C) groups is 1. The number of carbonyl (C=O) groups excluding carboxylic acids is 1. The minimum atomic E-state index is 0.491. The molecule has 0 aromatic rings. The smallest absolute Gasteiger partial charge is 0.195 e. The zero-order valence-electron chi connectivity index (χ0n) is 8.24. The number of nitrogens with zero attached hydrogens (tertiary/aromatic N) is 3. The molecule has 0 aromatic carbocycles. The molecule has 0 atom stereocenters. The van der Waals surface area contributed by atoms with Gasteiger partial charge in [-0.2, -0.15) is 0 Å². The van der Waals surface area contributed by atoms with Crippen molar-refractivity contribution >= 4 is 12.2 Å². The van der Waals surface area contributed by atoms with Gasteiger partial charge in [-0.1, -0.05) is 0 Å². The number of guanidine groups is 1. The van der Waals surface area contributed by atoms with Crippen molar-refractivity contribution in [2.24, 2.45) is 4.99 Å². The molecule has 0 heterocycles. The number of carbonyl (C=O) groups is 1. The third kappa shape index (κ3) is 3.95. The van der Waals surface area contributed by atoms with E-state index in [0.717, 1.165) is 12.2 Å². The maximum atomic E-state index is 10.0. The van der Waals surface area contributed by atoms with Gasteiger partial charge in [-0.05, 0) is 0 Å². The molecule has 4 heteroatoms. The second kappa shape index (κ2) is 5.57. The summed E-state index contributed by atoms with van der Waals surface area (Å²) in [7, 11) is 7.72. The summed E-state index contributed by atoms with van der Waals surface area (Å²) in [6.45, 7) is 0.565. The van der Waals surface area contributed by atoms with E-state index in [0.29, 0.717) is 13.0 Å².